The first-order valence-electron chi connectivity index (χ1n) is 5.31. The second-order valence-corrected chi connectivity index (χ2v) is 7.46. The lowest BCUT2D eigenvalue weighted by Crippen LogP contribution is -2.40. The summed E-state index contributed by atoms with van der Waals surface area (Å²) in [5.41, 5.74) is -0.600. The van der Waals surface area contributed by atoms with Crippen molar-refractivity contribution in [3.8, 4) is 0 Å². The molecule has 0 aliphatic heterocycles. The summed E-state index contributed by atoms with van der Waals surface area (Å²) in [4.78, 5) is 11.1. The van der Waals surface area contributed by atoms with Crippen LogP contribution in [-0.2, 0) is 14.8 Å². The van der Waals surface area contributed by atoms with E-state index in [-0.39, 0.29) is 15.4 Å². The topological polar surface area (TPSA) is 101 Å². The Kier molecular flexibility index (Phi) is 4.41. The lowest BCUT2D eigenvalue weighted by atomic mass is 10.1. The van der Waals surface area contributed by atoms with Gasteiger partial charge in [-0.1, -0.05) is 18.3 Å². The van der Waals surface area contributed by atoms with Crippen LogP contribution >= 0.6 is 11.3 Å². The number of nitrogens with zero attached hydrogens (tertiary/aromatic N) is 2. The van der Waals surface area contributed by atoms with Crippen molar-refractivity contribution in [1.82, 2.24) is 14.9 Å². The molecule has 9 heteroatoms. The van der Waals surface area contributed by atoms with Crippen molar-refractivity contribution < 1.29 is 13.2 Å². The summed E-state index contributed by atoms with van der Waals surface area (Å²) in [6, 6.07) is 0. The smallest absolute Gasteiger partial charge is 0.270 e. The highest BCUT2D eigenvalue weighted by Gasteiger charge is 2.26. The Morgan fingerprint density at radius 1 is 1.33 bits per heavy atom. The Morgan fingerprint density at radius 3 is 2.44 bits per heavy atom. The van der Waals surface area contributed by atoms with E-state index in [0.717, 1.165) is 11.3 Å². The van der Waals surface area contributed by atoms with Gasteiger partial charge in [0.05, 0.1) is 0 Å². The van der Waals surface area contributed by atoms with Crippen LogP contribution in [0.25, 0.3) is 0 Å². The molecule has 102 valence electrons. The zero-order valence-electron chi connectivity index (χ0n) is 10.6. The maximum Gasteiger partial charge on any atom is 0.270 e. The third-order valence-corrected chi connectivity index (χ3v) is 4.61. The van der Waals surface area contributed by atoms with Crippen LogP contribution in [0.5, 0.6) is 0 Å². The zero-order chi connectivity index (χ0) is 14.0. The third kappa shape index (κ3) is 4.31. The highest BCUT2D eigenvalue weighted by molar-refractivity contribution is 7.91. The normalized spacial score (nSPS) is 12.4. The number of amides is 1. The minimum Gasteiger partial charge on any atom is -0.301 e. The van der Waals surface area contributed by atoms with Gasteiger partial charge in [0.25, 0.3) is 10.0 Å². The molecule has 1 aromatic rings. The van der Waals surface area contributed by atoms with Crippen molar-refractivity contribution in [2.75, 3.05) is 5.32 Å². The van der Waals surface area contributed by atoms with Gasteiger partial charge in [-0.3, -0.25) is 4.79 Å². The van der Waals surface area contributed by atoms with Gasteiger partial charge in [0.1, 0.15) is 0 Å². The number of anilines is 1. The molecule has 0 atom stereocenters. The molecule has 0 saturated carbocycles. The molecule has 0 bridgehead atoms. The van der Waals surface area contributed by atoms with Crippen LogP contribution in [0.1, 0.15) is 34.1 Å². The van der Waals surface area contributed by atoms with Crippen molar-refractivity contribution in [2.24, 2.45) is 0 Å². The lowest BCUT2D eigenvalue weighted by molar-refractivity contribution is -0.115. The molecule has 1 aromatic heterocycles. The van der Waals surface area contributed by atoms with E-state index >= 15 is 0 Å². The Hall–Kier alpha value is -1.06. The van der Waals surface area contributed by atoms with Gasteiger partial charge in [0, 0.05) is 12.0 Å². The van der Waals surface area contributed by atoms with Crippen LogP contribution < -0.4 is 10.0 Å². The summed E-state index contributed by atoms with van der Waals surface area (Å²) >= 11 is 0.820. The maximum absolute atomic E-state index is 11.9. The largest absolute Gasteiger partial charge is 0.301 e. The molecule has 0 aromatic carbocycles. The van der Waals surface area contributed by atoms with E-state index < -0.39 is 15.6 Å². The zero-order valence-corrected chi connectivity index (χ0v) is 12.3. The van der Waals surface area contributed by atoms with Crippen molar-refractivity contribution in [2.45, 2.75) is 44.0 Å². The summed E-state index contributed by atoms with van der Waals surface area (Å²) in [6.07, 6.45) is 0.294. The number of nitrogens with one attached hydrogen (secondary N) is 2. The van der Waals surface area contributed by atoms with Crippen molar-refractivity contribution >= 4 is 32.4 Å². The number of carbonyl (C=O) groups excluding carboxylic acids is 1. The van der Waals surface area contributed by atoms with Crippen LogP contribution in [0.3, 0.4) is 0 Å². The fourth-order valence-corrected chi connectivity index (χ4v) is 3.36. The molecule has 0 saturated heterocycles. The second kappa shape index (κ2) is 5.29. The maximum atomic E-state index is 11.9. The number of hydrogen-bond donors (Lipinski definition) is 2. The molecule has 0 unspecified atom stereocenters. The average Bonchev–Trinajstić information content (AvgIpc) is 2.63. The summed E-state index contributed by atoms with van der Waals surface area (Å²) in [7, 11) is -3.70. The highest BCUT2D eigenvalue weighted by Crippen LogP contribution is 2.21. The van der Waals surface area contributed by atoms with Crippen LogP contribution in [0.2, 0.25) is 0 Å². The van der Waals surface area contributed by atoms with Crippen LogP contribution in [-0.4, -0.2) is 30.1 Å². The highest BCUT2D eigenvalue weighted by atomic mass is 32.2. The van der Waals surface area contributed by atoms with Gasteiger partial charge < -0.3 is 5.32 Å². The first-order chi connectivity index (χ1) is 8.14. The monoisotopic (exact) mass is 292 g/mol. The van der Waals surface area contributed by atoms with E-state index in [1.54, 1.807) is 27.7 Å². The van der Waals surface area contributed by atoms with Crippen LogP contribution in [0.4, 0.5) is 5.13 Å². The Morgan fingerprint density at radius 2 is 1.94 bits per heavy atom. The minimum atomic E-state index is -3.70. The SMILES string of the molecule is CCC(=O)Nc1nnc(S(=O)(=O)NC(C)(C)C)s1. The van der Waals surface area contributed by atoms with E-state index in [9.17, 15) is 13.2 Å². The quantitative estimate of drug-likeness (QED) is 0.805. The standard InChI is InChI=1S/C9H16N4O3S2/c1-5-6(14)10-7-11-12-8(17-7)18(15,16)13-9(2,3)4/h13H,5H2,1-4H3,(H,10,11,14). The van der Waals surface area contributed by atoms with E-state index in [0.29, 0.717) is 6.42 Å². The lowest BCUT2D eigenvalue weighted by Gasteiger charge is -2.18. The van der Waals surface area contributed by atoms with E-state index in [4.69, 9.17) is 0 Å². The molecule has 1 rings (SSSR count). The number of carbonyl (C=O) groups is 1. The average molecular weight is 292 g/mol. The van der Waals surface area contributed by atoms with Crippen molar-refractivity contribution in [1.29, 1.82) is 0 Å². The summed E-state index contributed by atoms with van der Waals surface area (Å²) in [6.45, 7) is 6.87. The van der Waals surface area contributed by atoms with Gasteiger partial charge in [0.2, 0.25) is 15.4 Å². The Labute approximate surface area is 110 Å². The number of sulfonamides is 1. The van der Waals surface area contributed by atoms with Gasteiger partial charge in [0.15, 0.2) is 0 Å². The van der Waals surface area contributed by atoms with E-state index in [2.05, 4.69) is 20.2 Å². The van der Waals surface area contributed by atoms with Crippen LogP contribution in [0.15, 0.2) is 4.34 Å². The van der Waals surface area contributed by atoms with Gasteiger partial charge in [-0.15, -0.1) is 10.2 Å². The van der Waals surface area contributed by atoms with Gasteiger partial charge in [-0.05, 0) is 20.8 Å². The molecule has 1 amide bonds. The van der Waals surface area contributed by atoms with Gasteiger partial charge in [-0.2, -0.15) is 0 Å². The van der Waals surface area contributed by atoms with E-state index in [1.807, 2.05) is 0 Å². The molecule has 0 aliphatic carbocycles. The predicted molar refractivity (Wildman–Crippen MR) is 68.9 cm³/mol. The minimum absolute atomic E-state index is 0.163. The van der Waals surface area contributed by atoms with Crippen LogP contribution in [0, 0.1) is 0 Å². The first-order valence-corrected chi connectivity index (χ1v) is 7.61. The Bertz CT molecular complexity index is 530. The molecule has 0 spiro atoms. The predicted octanol–water partition coefficient (Wildman–Crippen LogP) is 0.963. The molecule has 1 heterocycles. The molecule has 0 fully saturated rings. The van der Waals surface area contributed by atoms with E-state index in [1.165, 1.54) is 0 Å². The fourth-order valence-electron chi connectivity index (χ4n) is 1.02. The number of hydrogen-bond acceptors (Lipinski definition) is 6. The van der Waals surface area contributed by atoms with Gasteiger partial charge in [-0.25, -0.2) is 13.1 Å². The second-order valence-electron chi connectivity index (χ2n) is 4.63. The summed E-state index contributed by atoms with van der Waals surface area (Å²) < 4.78 is 26.1. The molecular weight excluding hydrogens is 276 g/mol. The number of rotatable bonds is 4. The first kappa shape index (κ1) is 15.0. The Balaban J connectivity index is 2.89. The molecule has 0 aliphatic rings. The number of aromatic nitrogens is 2. The summed E-state index contributed by atoms with van der Waals surface area (Å²) in [5, 5.41) is 9.82. The van der Waals surface area contributed by atoms with Gasteiger partial charge >= 0.3 is 0 Å². The molecule has 18 heavy (non-hydrogen) atoms. The molecule has 0 radical (unpaired) electrons. The molecule has 7 nitrogen and oxygen atoms in total. The fraction of sp³-hybridized carbons (Fsp3) is 0.667. The molecule has 2 N–H and O–H groups in total. The van der Waals surface area contributed by atoms with Crippen molar-refractivity contribution in [3.05, 3.63) is 0 Å². The molecular formula is C9H16N4O3S2. The third-order valence-electron chi connectivity index (χ3n) is 1.64. The summed E-state index contributed by atoms with van der Waals surface area (Å²) in [5.74, 6) is -0.237. The van der Waals surface area contributed by atoms with Crippen molar-refractivity contribution in [3.63, 3.8) is 0 Å².